The number of nitrogens with zero attached hydrogens (tertiary/aromatic N) is 2. The molecule has 8 heteroatoms. The van der Waals surface area contributed by atoms with Crippen molar-refractivity contribution in [1.29, 1.82) is 0 Å². The summed E-state index contributed by atoms with van der Waals surface area (Å²) >= 11 is 1.09. The van der Waals surface area contributed by atoms with Crippen molar-refractivity contribution < 1.29 is 24.9 Å². The highest BCUT2D eigenvalue weighted by Gasteiger charge is 2.33. The quantitative estimate of drug-likeness (QED) is 0.405. The molecule has 0 radical (unpaired) electrons. The predicted octanol–water partition coefficient (Wildman–Crippen LogP) is 3.59. The van der Waals surface area contributed by atoms with Gasteiger partial charge in [-0.15, -0.1) is 6.58 Å². The Bertz CT molecular complexity index is 1030. The molecule has 1 aliphatic rings. The van der Waals surface area contributed by atoms with E-state index >= 15 is 0 Å². The van der Waals surface area contributed by atoms with Gasteiger partial charge in [0.1, 0.15) is 0 Å². The molecule has 2 aromatic rings. The number of hydrogen-bond acceptors (Lipinski definition) is 6. The highest BCUT2D eigenvalue weighted by Crippen LogP contribution is 2.35. The Morgan fingerprint density at radius 2 is 1.93 bits per heavy atom. The van der Waals surface area contributed by atoms with Crippen LogP contribution in [0.15, 0.2) is 65.0 Å². The van der Waals surface area contributed by atoms with Crippen LogP contribution in [0.2, 0.25) is 0 Å². The van der Waals surface area contributed by atoms with E-state index in [1.165, 1.54) is 23.1 Å². The second-order valence-electron chi connectivity index (χ2n) is 5.78. The van der Waals surface area contributed by atoms with E-state index in [1.807, 2.05) is 0 Å². The van der Waals surface area contributed by atoms with Gasteiger partial charge in [0.05, 0.1) is 16.2 Å². The number of phenols is 2. The Labute approximate surface area is 165 Å². The zero-order valence-electron chi connectivity index (χ0n) is 14.6. The summed E-state index contributed by atoms with van der Waals surface area (Å²) in [7, 11) is 0. The van der Waals surface area contributed by atoms with E-state index in [2.05, 4.69) is 11.6 Å². The normalized spacial score (nSPS) is 16.7. The molecule has 2 aromatic carbocycles. The number of amides is 1. The maximum absolute atomic E-state index is 12.8. The Morgan fingerprint density at radius 1 is 1.18 bits per heavy atom. The molecule has 0 aromatic heterocycles. The van der Waals surface area contributed by atoms with Gasteiger partial charge < -0.3 is 15.3 Å². The maximum atomic E-state index is 12.8. The first-order chi connectivity index (χ1) is 13.4. The van der Waals surface area contributed by atoms with Crippen LogP contribution in [0.1, 0.15) is 15.9 Å². The van der Waals surface area contributed by atoms with Gasteiger partial charge in [-0.2, -0.15) is 0 Å². The lowest BCUT2D eigenvalue weighted by Crippen LogP contribution is -2.29. The largest absolute Gasteiger partial charge is 0.504 e. The molecule has 0 spiro atoms. The summed E-state index contributed by atoms with van der Waals surface area (Å²) in [5.41, 5.74) is 0.794. The number of carbonyl (C=O) groups is 2. The zero-order chi connectivity index (χ0) is 20.3. The van der Waals surface area contributed by atoms with Crippen LogP contribution in [-0.2, 0) is 4.79 Å². The van der Waals surface area contributed by atoms with Crippen LogP contribution in [-0.4, -0.2) is 43.8 Å². The lowest BCUT2D eigenvalue weighted by molar-refractivity contribution is -0.121. The number of amidine groups is 1. The van der Waals surface area contributed by atoms with Gasteiger partial charge in [0.25, 0.3) is 5.91 Å². The van der Waals surface area contributed by atoms with Gasteiger partial charge in [-0.3, -0.25) is 9.69 Å². The third kappa shape index (κ3) is 3.91. The molecule has 1 saturated heterocycles. The highest BCUT2D eigenvalue weighted by atomic mass is 32.2. The standard InChI is InChI=1S/C20H16N2O5S/c1-2-9-22-18(25)17(11-12-7-8-15(23)16(24)10-12)28-20(22)21-14-6-4-3-5-13(14)19(26)27/h2-8,10-11,23-24H,1,9H2,(H,26,27)/b17-11-,21-20?. The van der Waals surface area contributed by atoms with Gasteiger partial charge in [-0.25, -0.2) is 9.79 Å². The molecule has 1 fully saturated rings. The molecule has 0 unspecified atom stereocenters. The van der Waals surface area contributed by atoms with Gasteiger partial charge in [0.2, 0.25) is 0 Å². The fraction of sp³-hybridized carbons (Fsp3) is 0.0500. The molecule has 3 rings (SSSR count). The molecular weight excluding hydrogens is 380 g/mol. The fourth-order valence-electron chi connectivity index (χ4n) is 2.52. The number of phenolic OH excluding ortho intramolecular Hbond substituents is 2. The Balaban J connectivity index is 2.01. The van der Waals surface area contributed by atoms with Crippen molar-refractivity contribution in [2.75, 3.05) is 6.54 Å². The molecular formula is C20H16N2O5S. The Morgan fingerprint density at radius 3 is 2.61 bits per heavy atom. The molecule has 0 aliphatic carbocycles. The van der Waals surface area contributed by atoms with Crippen LogP contribution in [0.4, 0.5) is 5.69 Å². The molecule has 0 bridgehead atoms. The molecule has 142 valence electrons. The third-order valence-electron chi connectivity index (χ3n) is 3.85. The van der Waals surface area contributed by atoms with Crippen molar-refractivity contribution >= 4 is 40.6 Å². The molecule has 3 N–H and O–H groups in total. The fourth-order valence-corrected chi connectivity index (χ4v) is 3.52. The van der Waals surface area contributed by atoms with E-state index in [0.29, 0.717) is 15.6 Å². The second kappa shape index (κ2) is 8.01. The topological polar surface area (TPSA) is 110 Å². The van der Waals surface area contributed by atoms with E-state index in [4.69, 9.17) is 0 Å². The average molecular weight is 396 g/mol. The molecule has 0 atom stereocenters. The second-order valence-corrected chi connectivity index (χ2v) is 6.79. The Kier molecular flexibility index (Phi) is 5.51. The highest BCUT2D eigenvalue weighted by molar-refractivity contribution is 8.18. The predicted molar refractivity (Wildman–Crippen MR) is 108 cm³/mol. The maximum Gasteiger partial charge on any atom is 0.337 e. The van der Waals surface area contributed by atoms with Gasteiger partial charge in [0, 0.05) is 6.54 Å². The van der Waals surface area contributed by atoms with Crippen molar-refractivity contribution in [1.82, 2.24) is 4.90 Å². The van der Waals surface area contributed by atoms with Crippen molar-refractivity contribution in [2.45, 2.75) is 0 Å². The molecule has 1 aliphatic heterocycles. The van der Waals surface area contributed by atoms with Crippen LogP contribution in [0.5, 0.6) is 11.5 Å². The summed E-state index contributed by atoms with van der Waals surface area (Å²) in [5.74, 6) is -1.98. The number of rotatable bonds is 5. The number of aromatic hydroxyl groups is 2. The molecule has 1 amide bonds. The minimum absolute atomic E-state index is 0.0301. The first kappa shape index (κ1) is 19.2. The SMILES string of the molecule is C=CCN1C(=O)/C(=C/c2ccc(O)c(O)c2)SC1=Nc1ccccc1C(=O)O. The van der Waals surface area contributed by atoms with E-state index in [1.54, 1.807) is 36.4 Å². The van der Waals surface area contributed by atoms with Crippen molar-refractivity contribution in [3.8, 4) is 11.5 Å². The number of benzene rings is 2. The van der Waals surface area contributed by atoms with Crippen LogP contribution in [0.3, 0.4) is 0 Å². The number of carboxylic acid groups (broad SMARTS) is 1. The van der Waals surface area contributed by atoms with Crippen LogP contribution < -0.4 is 0 Å². The van der Waals surface area contributed by atoms with E-state index < -0.39 is 5.97 Å². The first-order valence-electron chi connectivity index (χ1n) is 8.16. The monoisotopic (exact) mass is 396 g/mol. The number of para-hydroxylation sites is 1. The van der Waals surface area contributed by atoms with Crippen molar-refractivity contribution in [2.24, 2.45) is 4.99 Å². The third-order valence-corrected chi connectivity index (χ3v) is 4.85. The smallest absolute Gasteiger partial charge is 0.337 e. The molecule has 0 saturated carbocycles. The average Bonchev–Trinajstić information content (AvgIpc) is 2.94. The summed E-state index contributed by atoms with van der Waals surface area (Å²) in [6, 6.07) is 10.5. The molecule has 28 heavy (non-hydrogen) atoms. The van der Waals surface area contributed by atoms with Crippen LogP contribution in [0.25, 0.3) is 6.08 Å². The van der Waals surface area contributed by atoms with E-state index in [9.17, 15) is 24.9 Å². The lowest BCUT2D eigenvalue weighted by atomic mass is 10.2. The number of carboxylic acids is 1. The summed E-state index contributed by atoms with van der Waals surface area (Å²) in [4.78, 5) is 30.3. The summed E-state index contributed by atoms with van der Waals surface area (Å²) in [6.45, 7) is 3.85. The first-order valence-corrected chi connectivity index (χ1v) is 8.97. The minimum Gasteiger partial charge on any atom is -0.504 e. The number of thioether (sulfide) groups is 1. The lowest BCUT2D eigenvalue weighted by Gasteiger charge is -2.13. The van der Waals surface area contributed by atoms with Crippen molar-refractivity contribution in [3.63, 3.8) is 0 Å². The van der Waals surface area contributed by atoms with Crippen LogP contribution >= 0.6 is 11.8 Å². The van der Waals surface area contributed by atoms with Gasteiger partial charge >= 0.3 is 5.97 Å². The van der Waals surface area contributed by atoms with E-state index in [0.717, 1.165) is 11.8 Å². The molecule has 7 nitrogen and oxygen atoms in total. The van der Waals surface area contributed by atoms with Gasteiger partial charge in [0.15, 0.2) is 16.7 Å². The van der Waals surface area contributed by atoms with Crippen LogP contribution in [0, 0.1) is 0 Å². The summed E-state index contributed by atoms with van der Waals surface area (Å²) < 4.78 is 0. The Hall–Kier alpha value is -3.52. The minimum atomic E-state index is -1.11. The molecule has 1 heterocycles. The zero-order valence-corrected chi connectivity index (χ0v) is 15.4. The van der Waals surface area contributed by atoms with Gasteiger partial charge in [-0.05, 0) is 47.7 Å². The number of carbonyl (C=O) groups excluding carboxylic acids is 1. The summed E-state index contributed by atoms with van der Waals surface area (Å²) in [6.07, 6.45) is 3.11. The summed E-state index contributed by atoms with van der Waals surface area (Å²) in [5, 5.41) is 28.7. The van der Waals surface area contributed by atoms with E-state index in [-0.39, 0.29) is 35.2 Å². The number of hydrogen-bond donors (Lipinski definition) is 3. The van der Waals surface area contributed by atoms with Crippen molar-refractivity contribution in [3.05, 3.63) is 71.2 Å². The number of aliphatic imine (C=N–C) groups is 1. The number of aromatic carboxylic acids is 1. The van der Waals surface area contributed by atoms with Gasteiger partial charge in [-0.1, -0.05) is 24.3 Å².